The minimum atomic E-state index is -0.850. The highest BCUT2D eigenvalue weighted by molar-refractivity contribution is 5.87. The number of aromatic hydroxyl groups is 1. The van der Waals surface area contributed by atoms with Crippen molar-refractivity contribution in [1.82, 2.24) is 25.1 Å². The van der Waals surface area contributed by atoms with Crippen molar-refractivity contribution >= 4 is 22.6 Å². The molecule has 7 rings (SSSR count). The molecule has 0 unspecified atom stereocenters. The lowest BCUT2D eigenvalue weighted by Crippen LogP contribution is -2.57. The van der Waals surface area contributed by atoms with Gasteiger partial charge >= 0.3 is 0 Å². The minimum absolute atomic E-state index is 0.0391. The summed E-state index contributed by atoms with van der Waals surface area (Å²) >= 11 is 0. The minimum Gasteiger partial charge on any atom is -0.506 e. The molecule has 0 bridgehead atoms. The highest BCUT2D eigenvalue weighted by Gasteiger charge is 2.40. The summed E-state index contributed by atoms with van der Waals surface area (Å²) in [7, 11) is 0. The summed E-state index contributed by atoms with van der Waals surface area (Å²) in [6.45, 7) is 9.89. The Hall–Kier alpha value is -4.33. The Morgan fingerprint density at radius 3 is 2.71 bits per heavy atom. The highest BCUT2D eigenvalue weighted by Crippen LogP contribution is 2.33. The van der Waals surface area contributed by atoms with Crippen LogP contribution in [0.25, 0.3) is 10.9 Å². The number of nitrogens with one attached hydrogen (secondary N) is 2. The van der Waals surface area contributed by atoms with Crippen molar-refractivity contribution in [2.24, 2.45) is 0 Å². The maximum Gasteiger partial charge on any atom is 0.248 e. The average molecular weight is 767 g/mol. The number of pyridine rings is 2. The number of phenols is 1. The number of H-pyrrole nitrogens is 1. The third kappa shape index (κ3) is 10.1. The third-order valence-electron chi connectivity index (χ3n) is 11.9. The second-order valence-electron chi connectivity index (χ2n) is 15.9. The number of benzene rings is 2. The summed E-state index contributed by atoms with van der Waals surface area (Å²) in [5.41, 5.74) is 4.29. The number of aryl methyl sites for hydroxylation is 1. The van der Waals surface area contributed by atoms with Crippen LogP contribution in [0.3, 0.4) is 0 Å². The van der Waals surface area contributed by atoms with Crippen molar-refractivity contribution in [3.63, 3.8) is 0 Å². The van der Waals surface area contributed by atoms with Gasteiger partial charge in [0.05, 0.1) is 43.5 Å². The second-order valence-corrected chi connectivity index (χ2v) is 15.9. The van der Waals surface area contributed by atoms with Crippen molar-refractivity contribution < 1.29 is 24.5 Å². The zero-order chi connectivity index (χ0) is 38.9. The average Bonchev–Trinajstić information content (AvgIpc) is 3.74. The van der Waals surface area contributed by atoms with Crippen LogP contribution in [0.1, 0.15) is 73.3 Å². The molecule has 1 aliphatic carbocycles. The predicted molar refractivity (Wildman–Crippen MR) is 218 cm³/mol. The fraction of sp³-hybridized carbons (Fsp3) is 0.523. The maximum atomic E-state index is 13.4. The number of aliphatic hydroxyl groups is 1. The highest BCUT2D eigenvalue weighted by atomic mass is 16.5. The fourth-order valence-electron chi connectivity index (χ4n) is 8.72. The molecule has 12 heteroatoms. The number of hydrogen-bond acceptors (Lipinski definition) is 10. The van der Waals surface area contributed by atoms with Crippen LogP contribution in [0, 0.1) is 6.92 Å². The number of fused-ring (bicyclic) bond motifs is 1. The Labute approximate surface area is 329 Å². The molecule has 300 valence electrons. The van der Waals surface area contributed by atoms with Crippen molar-refractivity contribution in [3.05, 3.63) is 99.5 Å². The van der Waals surface area contributed by atoms with Crippen LogP contribution < -0.4 is 15.8 Å². The predicted octanol–water partition coefficient (Wildman–Crippen LogP) is 4.85. The summed E-state index contributed by atoms with van der Waals surface area (Å²) < 4.78 is 12.4. The van der Waals surface area contributed by atoms with Gasteiger partial charge in [-0.15, -0.1) is 0 Å². The van der Waals surface area contributed by atoms with E-state index in [2.05, 4.69) is 62.3 Å². The number of aromatic nitrogens is 2. The van der Waals surface area contributed by atoms with Crippen LogP contribution in [0.15, 0.2) is 71.7 Å². The number of hydrogen-bond donors (Lipinski definition) is 4. The van der Waals surface area contributed by atoms with Crippen LogP contribution in [0.5, 0.6) is 5.75 Å². The van der Waals surface area contributed by atoms with E-state index in [1.165, 1.54) is 28.8 Å². The van der Waals surface area contributed by atoms with E-state index in [9.17, 15) is 19.8 Å². The van der Waals surface area contributed by atoms with E-state index in [1.807, 2.05) is 17.2 Å². The number of anilines is 1. The monoisotopic (exact) mass is 766 g/mol. The molecule has 2 aromatic carbocycles. The fourth-order valence-corrected chi connectivity index (χ4v) is 8.72. The van der Waals surface area contributed by atoms with Gasteiger partial charge in [-0.3, -0.25) is 14.5 Å². The molecule has 3 aliphatic rings. The van der Waals surface area contributed by atoms with Crippen LogP contribution >= 0.6 is 0 Å². The number of rotatable bonds is 16. The van der Waals surface area contributed by atoms with Gasteiger partial charge in [-0.05, 0) is 85.5 Å². The van der Waals surface area contributed by atoms with Gasteiger partial charge in [0.1, 0.15) is 11.6 Å². The number of carbonyl (C=O) groups excluding carboxylic acids is 1. The number of aromatic amines is 1. The smallest absolute Gasteiger partial charge is 0.248 e. The summed E-state index contributed by atoms with van der Waals surface area (Å²) in [4.78, 5) is 39.4. The van der Waals surface area contributed by atoms with Gasteiger partial charge in [-0.2, -0.15) is 0 Å². The normalized spacial score (nSPS) is 18.1. The lowest BCUT2D eigenvalue weighted by molar-refractivity contribution is -0.134. The summed E-state index contributed by atoms with van der Waals surface area (Å²) in [5, 5.41) is 25.0. The van der Waals surface area contributed by atoms with E-state index in [0.29, 0.717) is 49.2 Å². The van der Waals surface area contributed by atoms with Crippen molar-refractivity contribution in [2.45, 2.75) is 82.6 Å². The Morgan fingerprint density at radius 1 is 1.07 bits per heavy atom. The standard InChI is InChI=1S/C44H58N6O6/c1-32-13-18-46-40(27-32)49-23-26-56-44(31-49)16-20-48(21-17-44)30-34-6-4-5-33(28-34)14-24-55-25-15-42(54)50(35-7-2-3-8-35)22-19-45-29-39(52)36-9-11-38(51)43-37(36)10-12-41(53)47-43/h4-6,9-13,18,27-28,35,39,45,51-52H,2-3,7-8,14-17,19-26,29-31H2,1H3,(H,47,53)/t39-/m0/s1. The van der Waals surface area contributed by atoms with E-state index in [-0.39, 0.29) is 35.4 Å². The number of amides is 1. The topological polar surface area (TPSA) is 143 Å². The van der Waals surface area contributed by atoms with Crippen LogP contribution in [-0.4, -0.2) is 113 Å². The molecule has 0 radical (unpaired) electrons. The molecule has 56 heavy (non-hydrogen) atoms. The summed E-state index contributed by atoms with van der Waals surface area (Å²) in [5.74, 6) is 1.12. The molecule has 1 saturated carbocycles. The van der Waals surface area contributed by atoms with Crippen molar-refractivity contribution in [1.29, 1.82) is 0 Å². The zero-order valence-corrected chi connectivity index (χ0v) is 32.8. The van der Waals surface area contributed by atoms with E-state index >= 15 is 0 Å². The number of carbonyl (C=O) groups is 1. The van der Waals surface area contributed by atoms with Gasteiger partial charge in [-0.25, -0.2) is 4.98 Å². The first-order chi connectivity index (χ1) is 27.2. The van der Waals surface area contributed by atoms with Gasteiger partial charge in [0.2, 0.25) is 11.5 Å². The summed E-state index contributed by atoms with van der Waals surface area (Å²) in [6.07, 6.45) is 8.51. The van der Waals surface area contributed by atoms with Gasteiger partial charge in [0.25, 0.3) is 0 Å². The van der Waals surface area contributed by atoms with E-state index in [1.54, 1.807) is 12.1 Å². The number of likely N-dealkylation sites (tertiary alicyclic amines) is 1. The van der Waals surface area contributed by atoms with Crippen molar-refractivity contribution in [3.8, 4) is 5.75 Å². The molecule has 2 aliphatic heterocycles. The number of ether oxygens (including phenoxy) is 2. The molecule has 1 spiro atoms. The van der Waals surface area contributed by atoms with E-state index < -0.39 is 6.10 Å². The summed E-state index contributed by atoms with van der Waals surface area (Å²) in [6, 6.07) is 19.4. The van der Waals surface area contributed by atoms with E-state index in [0.717, 1.165) is 90.1 Å². The number of nitrogens with zero attached hydrogens (tertiary/aromatic N) is 4. The van der Waals surface area contributed by atoms with Gasteiger partial charge < -0.3 is 39.8 Å². The molecule has 2 aromatic heterocycles. The molecular formula is C44H58N6O6. The first-order valence-corrected chi connectivity index (χ1v) is 20.5. The molecule has 4 N–H and O–H groups in total. The Morgan fingerprint density at radius 2 is 1.89 bits per heavy atom. The SMILES string of the molecule is Cc1ccnc(N2CCOC3(CCN(Cc4cccc(CCOCCC(=O)N(CCNC[C@H](O)c5ccc(O)c6[nH]c(=O)ccc56)C5CCCC5)c4)CC3)C2)c1. The quantitative estimate of drug-likeness (QED) is 0.117. The van der Waals surface area contributed by atoms with Crippen molar-refractivity contribution in [2.75, 3.05) is 70.5 Å². The number of morpholine rings is 1. The molecule has 12 nitrogen and oxygen atoms in total. The molecule has 4 aromatic rings. The number of piperidine rings is 1. The third-order valence-corrected chi connectivity index (χ3v) is 11.9. The Bertz CT molecular complexity index is 1970. The molecule has 3 fully saturated rings. The number of phenolic OH excluding ortho intramolecular Hbond substituents is 1. The van der Waals surface area contributed by atoms with Crippen LogP contribution in [0.2, 0.25) is 0 Å². The second kappa shape index (κ2) is 18.7. The lowest BCUT2D eigenvalue weighted by Gasteiger charge is -2.47. The molecule has 4 heterocycles. The first-order valence-electron chi connectivity index (χ1n) is 20.5. The van der Waals surface area contributed by atoms with Gasteiger partial charge in [0.15, 0.2) is 0 Å². The molecular weight excluding hydrogens is 709 g/mol. The lowest BCUT2D eigenvalue weighted by atomic mass is 9.89. The molecule has 1 atom stereocenters. The largest absolute Gasteiger partial charge is 0.506 e. The molecule has 2 saturated heterocycles. The van der Waals surface area contributed by atoms with Gasteiger partial charge in [-0.1, -0.05) is 43.2 Å². The van der Waals surface area contributed by atoms with Crippen LogP contribution in [0.4, 0.5) is 5.82 Å². The maximum absolute atomic E-state index is 13.4. The van der Waals surface area contributed by atoms with Gasteiger partial charge in [0, 0.05) is 76.0 Å². The van der Waals surface area contributed by atoms with E-state index in [4.69, 9.17) is 9.47 Å². The van der Waals surface area contributed by atoms with Crippen LogP contribution in [-0.2, 0) is 27.2 Å². The Kier molecular flexibility index (Phi) is 13.3. The Balaban J connectivity index is 0.819. The first kappa shape index (κ1) is 39.9. The number of aliphatic hydroxyl groups excluding tert-OH is 1. The molecule has 1 amide bonds. The zero-order valence-electron chi connectivity index (χ0n) is 32.8.